The third-order valence-electron chi connectivity index (χ3n) is 5.22. The van der Waals surface area contributed by atoms with Crippen LogP contribution in [0.1, 0.15) is 23.9 Å². The van der Waals surface area contributed by atoms with Gasteiger partial charge in [0.05, 0.1) is 6.54 Å². The Morgan fingerprint density at radius 3 is 2.61 bits per heavy atom. The molecule has 3 aromatic rings. The van der Waals surface area contributed by atoms with E-state index in [1.54, 1.807) is 7.05 Å². The number of fused-ring (bicyclic) bond motifs is 1. The Labute approximate surface area is 160 Å². The van der Waals surface area contributed by atoms with Crippen LogP contribution in [-0.4, -0.2) is 43.0 Å². The van der Waals surface area contributed by atoms with E-state index in [4.69, 9.17) is 0 Å². The van der Waals surface area contributed by atoms with Gasteiger partial charge in [0, 0.05) is 39.6 Å². The molecule has 1 fully saturated rings. The van der Waals surface area contributed by atoms with Gasteiger partial charge in [0.15, 0.2) is 5.65 Å². The van der Waals surface area contributed by atoms with Crippen molar-refractivity contribution < 1.29 is 4.79 Å². The first-order valence-electron chi connectivity index (χ1n) is 9.16. The molecule has 1 unspecified atom stereocenters. The summed E-state index contributed by atoms with van der Waals surface area (Å²) in [7, 11) is 3.04. The Bertz CT molecular complexity index is 1140. The molecule has 9 heteroatoms. The van der Waals surface area contributed by atoms with Crippen molar-refractivity contribution in [1.82, 2.24) is 29.3 Å². The molecule has 2 N–H and O–H groups in total. The Kier molecular flexibility index (Phi) is 4.60. The van der Waals surface area contributed by atoms with Gasteiger partial charge in [-0.15, -0.1) is 0 Å². The van der Waals surface area contributed by atoms with Crippen molar-refractivity contribution in [2.24, 2.45) is 14.1 Å². The highest BCUT2D eigenvalue weighted by Gasteiger charge is 2.27. The van der Waals surface area contributed by atoms with E-state index in [1.165, 1.54) is 11.6 Å². The second kappa shape index (κ2) is 7.08. The molecule has 1 atom stereocenters. The van der Waals surface area contributed by atoms with Gasteiger partial charge in [-0.05, 0) is 5.56 Å². The SMILES string of the molecule is Cn1c(=O)c2[nH]c(CN3CCNC(=O)CC3c3ccccc3)nc2n(C)c1=O. The third-order valence-corrected chi connectivity index (χ3v) is 5.22. The lowest BCUT2D eigenvalue weighted by atomic mass is 10.0. The van der Waals surface area contributed by atoms with Crippen LogP contribution >= 0.6 is 0 Å². The summed E-state index contributed by atoms with van der Waals surface area (Å²) in [5.74, 6) is 0.598. The summed E-state index contributed by atoms with van der Waals surface area (Å²) in [4.78, 5) is 46.4. The minimum Gasteiger partial charge on any atom is -0.355 e. The van der Waals surface area contributed by atoms with Gasteiger partial charge < -0.3 is 10.3 Å². The molecular formula is C19H22N6O3. The number of hydrogen-bond donors (Lipinski definition) is 2. The van der Waals surface area contributed by atoms with Crippen LogP contribution in [0, 0.1) is 0 Å². The molecular weight excluding hydrogens is 360 g/mol. The normalized spacial score (nSPS) is 18.2. The van der Waals surface area contributed by atoms with E-state index in [2.05, 4.69) is 20.2 Å². The Morgan fingerprint density at radius 1 is 1.11 bits per heavy atom. The number of carbonyl (C=O) groups excluding carboxylic acids is 1. The fourth-order valence-electron chi connectivity index (χ4n) is 3.71. The molecule has 4 rings (SSSR count). The highest BCUT2D eigenvalue weighted by Crippen LogP contribution is 2.27. The zero-order valence-electron chi connectivity index (χ0n) is 15.8. The van der Waals surface area contributed by atoms with Crippen molar-refractivity contribution in [3.63, 3.8) is 0 Å². The number of H-pyrrole nitrogens is 1. The number of aryl methyl sites for hydroxylation is 1. The molecule has 28 heavy (non-hydrogen) atoms. The fourth-order valence-corrected chi connectivity index (χ4v) is 3.71. The summed E-state index contributed by atoms with van der Waals surface area (Å²) >= 11 is 0. The lowest BCUT2D eigenvalue weighted by Crippen LogP contribution is -2.36. The molecule has 0 aliphatic carbocycles. The first-order valence-corrected chi connectivity index (χ1v) is 9.16. The van der Waals surface area contributed by atoms with Gasteiger partial charge in [-0.2, -0.15) is 0 Å². The van der Waals surface area contributed by atoms with E-state index in [1.807, 2.05) is 30.3 Å². The maximum Gasteiger partial charge on any atom is 0.332 e. The molecule has 3 heterocycles. The molecule has 9 nitrogen and oxygen atoms in total. The molecule has 1 amide bonds. The van der Waals surface area contributed by atoms with E-state index in [0.29, 0.717) is 43.0 Å². The average molecular weight is 382 g/mol. The molecule has 0 radical (unpaired) electrons. The zero-order chi connectivity index (χ0) is 19.8. The van der Waals surface area contributed by atoms with Crippen LogP contribution < -0.4 is 16.6 Å². The summed E-state index contributed by atoms with van der Waals surface area (Å²) < 4.78 is 2.42. The van der Waals surface area contributed by atoms with Crippen LogP contribution in [0.4, 0.5) is 0 Å². The van der Waals surface area contributed by atoms with Gasteiger partial charge in [0.2, 0.25) is 5.91 Å². The standard InChI is InChI=1S/C19H22N6O3/c1-23-17-16(18(27)24(2)19(23)28)21-14(22-17)11-25-9-8-20-15(26)10-13(25)12-6-4-3-5-7-12/h3-7,13H,8-11H2,1-2H3,(H,20,26)(H,21,22). The summed E-state index contributed by atoms with van der Waals surface area (Å²) in [5.41, 5.74) is 0.883. The van der Waals surface area contributed by atoms with Crippen LogP contribution in [0.2, 0.25) is 0 Å². The fraction of sp³-hybridized carbons (Fsp3) is 0.368. The van der Waals surface area contributed by atoms with Crippen LogP contribution in [0.25, 0.3) is 11.2 Å². The van der Waals surface area contributed by atoms with Crippen LogP contribution in [-0.2, 0) is 25.4 Å². The number of hydrogen-bond acceptors (Lipinski definition) is 5. The number of aromatic nitrogens is 4. The van der Waals surface area contributed by atoms with Crippen molar-refractivity contribution in [3.05, 3.63) is 62.6 Å². The molecule has 0 spiro atoms. The maximum atomic E-state index is 12.4. The van der Waals surface area contributed by atoms with Crippen LogP contribution in [0.3, 0.4) is 0 Å². The van der Waals surface area contributed by atoms with Gasteiger partial charge in [-0.1, -0.05) is 30.3 Å². The minimum absolute atomic E-state index is 0.0113. The van der Waals surface area contributed by atoms with E-state index >= 15 is 0 Å². The number of aromatic amines is 1. The molecule has 1 aromatic carbocycles. The zero-order valence-corrected chi connectivity index (χ0v) is 15.8. The summed E-state index contributed by atoms with van der Waals surface area (Å²) in [5, 5.41) is 2.91. The summed E-state index contributed by atoms with van der Waals surface area (Å²) in [6.45, 7) is 1.63. The molecule has 0 saturated carbocycles. The lowest BCUT2D eigenvalue weighted by molar-refractivity contribution is -0.121. The second-order valence-corrected chi connectivity index (χ2v) is 7.04. The van der Waals surface area contributed by atoms with Crippen molar-refractivity contribution in [3.8, 4) is 0 Å². The van der Waals surface area contributed by atoms with Crippen molar-refractivity contribution in [2.45, 2.75) is 19.0 Å². The highest BCUT2D eigenvalue weighted by molar-refractivity contribution is 5.77. The van der Waals surface area contributed by atoms with Crippen molar-refractivity contribution in [1.29, 1.82) is 0 Å². The number of nitrogens with zero attached hydrogens (tertiary/aromatic N) is 4. The van der Waals surface area contributed by atoms with E-state index in [0.717, 1.165) is 10.1 Å². The van der Waals surface area contributed by atoms with Crippen LogP contribution in [0.5, 0.6) is 0 Å². The van der Waals surface area contributed by atoms with Crippen molar-refractivity contribution >= 4 is 17.1 Å². The Morgan fingerprint density at radius 2 is 1.86 bits per heavy atom. The van der Waals surface area contributed by atoms with Gasteiger partial charge in [0.1, 0.15) is 11.3 Å². The smallest absolute Gasteiger partial charge is 0.332 e. The van der Waals surface area contributed by atoms with E-state index < -0.39 is 11.2 Å². The first-order chi connectivity index (χ1) is 13.5. The molecule has 0 bridgehead atoms. The summed E-state index contributed by atoms with van der Waals surface area (Å²) in [6.07, 6.45) is 0.352. The molecule has 2 aromatic heterocycles. The highest BCUT2D eigenvalue weighted by atomic mass is 16.2. The largest absolute Gasteiger partial charge is 0.355 e. The van der Waals surface area contributed by atoms with Gasteiger partial charge in [-0.25, -0.2) is 9.78 Å². The second-order valence-electron chi connectivity index (χ2n) is 7.04. The van der Waals surface area contributed by atoms with Gasteiger partial charge in [0.25, 0.3) is 5.56 Å². The predicted octanol–water partition coefficient (Wildman–Crippen LogP) is 0.0235. The summed E-state index contributed by atoms with van der Waals surface area (Å²) in [6, 6.07) is 9.78. The average Bonchev–Trinajstić information content (AvgIpc) is 3.04. The topological polar surface area (TPSA) is 105 Å². The number of rotatable bonds is 3. The molecule has 1 aliphatic rings. The first kappa shape index (κ1) is 18.2. The van der Waals surface area contributed by atoms with Gasteiger partial charge >= 0.3 is 5.69 Å². The number of benzene rings is 1. The molecule has 146 valence electrons. The Hall–Kier alpha value is -3.20. The number of nitrogens with one attached hydrogen (secondary N) is 2. The van der Waals surface area contributed by atoms with Gasteiger partial charge in [-0.3, -0.25) is 23.6 Å². The monoisotopic (exact) mass is 382 g/mol. The lowest BCUT2D eigenvalue weighted by Gasteiger charge is -2.28. The maximum absolute atomic E-state index is 12.4. The van der Waals surface area contributed by atoms with E-state index in [9.17, 15) is 14.4 Å². The Balaban J connectivity index is 1.73. The van der Waals surface area contributed by atoms with E-state index in [-0.39, 0.29) is 11.9 Å². The number of imidazole rings is 1. The minimum atomic E-state index is -0.415. The van der Waals surface area contributed by atoms with Crippen LogP contribution in [0.15, 0.2) is 39.9 Å². The molecule has 1 saturated heterocycles. The third kappa shape index (κ3) is 3.13. The van der Waals surface area contributed by atoms with Crippen molar-refractivity contribution in [2.75, 3.05) is 13.1 Å². The number of carbonyl (C=O) groups is 1. The quantitative estimate of drug-likeness (QED) is 0.665. The number of amides is 1. The predicted molar refractivity (Wildman–Crippen MR) is 104 cm³/mol. The molecule has 1 aliphatic heterocycles.